The van der Waals surface area contributed by atoms with E-state index in [1.54, 1.807) is 0 Å². The average Bonchev–Trinajstić information content (AvgIpc) is 3.00. The Morgan fingerprint density at radius 2 is 1.76 bits per heavy atom. The molecule has 1 saturated heterocycles. The van der Waals surface area contributed by atoms with Crippen LogP contribution in [0.15, 0.2) is 60.7 Å². The number of carbonyl (C=O) groups is 1. The number of para-hydroxylation sites is 1. The van der Waals surface area contributed by atoms with Gasteiger partial charge in [-0.3, -0.25) is 0 Å². The monoisotopic (exact) mass is 341 g/mol. The fourth-order valence-electron chi connectivity index (χ4n) is 2.78. The van der Waals surface area contributed by atoms with Gasteiger partial charge in [-0.15, -0.1) is 0 Å². The van der Waals surface area contributed by atoms with Gasteiger partial charge in [0.15, 0.2) is 0 Å². The molecule has 1 aliphatic rings. The minimum atomic E-state index is -0.666. The van der Waals surface area contributed by atoms with Gasteiger partial charge in [0.25, 0.3) is 0 Å². The van der Waals surface area contributed by atoms with Gasteiger partial charge in [-0.1, -0.05) is 48.5 Å². The lowest BCUT2D eigenvalue weighted by Gasteiger charge is -2.19. The molecular formula is C19H23N3O3. The molecule has 2 aromatic rings. The number of ether oxygens (including phenoxy) is 1. The molecule has 1 fully saturated rings. The fourth-order valence-corrected chi connectivity index (χ4v) is 2.78. The first-order chi connectivity index (χ1) is 12.2. The molecule has 0 bridgehead atoms. The van der Waals surface area contributed by atoms with Crippen LogP contribution in [-0.2, 0) is 11.3 Å². The Bertz CT molecular complexity index is 666. The van der Waals surface area contributed by atoms with Crippen LogP contribution in [0.3, 0.4) is 0 Å². The summed E-state index contributed by atoms with van der Waals surface area (Å²) in [7, 11) is 0. The summed E-state index contributed by atoms with van der Waals surface area (Å²) < 4.78 is 5.61. The first kappa shape index (κ1) is 17.4. The first-order valence-corrected chi connectivity index (χ1v) is 8.39. The number of aliphatic hydroxyl groups is 1. The van der Waals surface area contributed by atoms with E-state index in [4.69, 9.17) is 4.74 Å². The summed E-state index contributed by atoms with van der Waals surface area (Å²) in [5.41, 5.74) is 1.87. The zero-order chi connectivity index (χ0) is 17.5. The highest BCUT2D eigenvalue weighted by molar-refractivity contribution is 5.89. The number of hydrogen-bond donors (Lipinski definition) is 4. The van der Waals surface area contributed by atoms with Gasteiger partial charge in [-0.05, 0) is 17.7 Å². The largest absolute Gasteiger partial charge is 0.389 e. The van der Waals surface area contributed by atoms with Crippen molar-refractivity contribution in [2.24, 2.45) is 0 Å². The molecule has 6 nitrogen and oxygen atoms in total. The molecule has 4 N–H and O–H groups in total. The Balaban J connectivity index is 1.41. The Morgan fingerprint density at radius 3 is 2.48 bits per heavy atom. The van der Waals surface area contributed by atoms with Crippen LogP contribution in [0, 0.1) is 0 Å². The molecule has 3 rings (SSSR count). The number of hydrogen-bond acceptors (Lipinski definition) is 4. The van der Waals surface area contributed by atoms with Crippen molar-refractivity contribution in [3.8, 4) is 0 Å². The van der Waals surface area contributed by atoms with Crippen molar-refractivity contribution in [2.45, 2.75) is 24.8 Å². The lowest BCUT2D eigenvalue weighted by Crippen LogP contribution is -2.45. The zero-order valence-corrected chi connectivity index (χ0v) is 13.9. The maximum atomic E-state index is 11.9. The Morgan fingerprint density at radius 1 is 1.08 bits per heavy atom. The first-order valence-electron chi connectivity index (χ1n) is 8.39. The second-order valence-electron chi connectivity index (χ2n) is 6.04. The van der Waals surface area contributed by atoms with E-state index >= 15 is 0 Å². The van der Waals surface area contributed by atoms with Crippen molar-refractivity contribution >= 4 is 11.7 Å². The number of urea groups is 1. The summed E-state index contributed by atoms with van der Waals surface area (Å²) >= 11 is 0. The standard InChI is InChI=1S/C19H23N3O3/c23-18-16(20-11-14-7-3-1-4-8-14)13-25-17(18)12-21-19(24)22-15-9-5-2-6-10-15/h1-10,16-18,20,23H,11-13H2,(H2,21,22,24). The van der Waals surface area contributed by atoms with Crippen LogP contribution in [0.2, 0.25) is 0 Å². The van der Waals surface area contributed by atoms with E-state index in [-0.39, 0.29) is 18.6 Å². The molecule has 0 saturated carbocycles. The summed E-state index contributed by atoms with van der Waals surface area (Å²) in [4.78, 5) is 11.9. The van der Waals surface area contributed by atoms with Gasteiger partial charge < -0.3 is 25.8 Å². The third-order valence-corrected chi connectivity index (χ3v) is 4.19. The number of amides is 2. The molecule has 0 aromatic heterocycles. The quantitative estimate of drug-likeness (QED) is 0.645. The van der Waals surface area contributed by atoms with Gasteiger partial charge in [0, 0.05) is 18.8 Å². The molecule has 3 unspecified atom stereocenters. The van der Waals surface area contributed by atoms with Gasteiger partial charge in [0.2, 0.25) is 0 Å². The number of rotatable bonds is 6. The molecular weight excluding hydrogens is 318 g/mol. The van der Waals surface area contributed by atoms with Crippen LogP contribution in [-0.4, -0.2) is 42.5 Å². The normalized spacial score (nSPS) is 22.5. The maximum Gasteiger partial charge on any atom is 0.319 e. The van der Waals surface area contributed by atoms with Crippen molar-refractivity contribution in [1.82, 2.24) is 10.6 Å². The van der Waals surface area contributed by atoms with Crippen molar-refractivity contribution in [2.75, 3.05) is 18.5 Å². The minimum Gasteiger partial charge on any atom is -0.389 e. The lowest BCUT2D eigenvalue weighted by atomic mass is 10.1. The summed E-state index contributed by atoms with van der Waals surface area (Å²) in [6.45, 7) is 1.34. The van der Waals surface area contributed by atoms with Crippen LogP contribution < -0.4 is 16.0 Å². The molecule has 1 heterocycles. The van der Waals surface area contributed by atoms with Crippen molar-refractivity contribution < 1.29 is 14.6 Å². The molecule has 0 aliphatic carbocycles. The number of anilines is 1. The number of aliphatic hydroxyl groups excluding tert-OH is 1. The van der Waals surface area contributed by atoms with E-state index in [0.29, 0.717) is 13.2 Å². The Kier molecular flexibility index (Phi) is 6.00. The van der Waals surface area contributed by atoms with E-state index < -0.39 is 12.2 Å². The zero-order valence-electron chi connectivity index (χ0n) is 13.9. The summed E-state index contributed by atoms with van der Waals surface area (Å²) in [6, 6.07) is 18.7. The minimum absolute atomic E-state index is 0.149. The molecule has 3 atom stereocenters. The van der Waals surface area contributed by atoms with Gasteiger partial charge in [-0.2, -0.15) is 0 Å². The molecule has 2 amide bonds. The molecule has 132 valence electrons. The van der Waals surface area contributed by atoms with E-state index in [1.807, 2.05) is 60.7 Å². The van der Waals surface area contributed by atoms with Gasteiger partial charge in [-0.25, -0.2) is 4.79 Å². The number of benzene rings is 2. The predicted molar refractivity (Wildman–Crippen MR) is 96.3 cm³/mol. The van der Waals surface area contributed by atoms with Gasteiger partial charge in [0.05, 0.1) is 18.8 Å². The highest BCUT2D eigenvalue weighted by Gasteiger charge is 2.35. The van der Waals surface area contributed by atoms with Crippen LogP contribution in [0.1, 0.15) is 5.56 Å². The van der Waals surface area contributed by atoms with E-state index in [2.05, 4.69) is 16.0 Å². The third-order valence-electron chi connectivity index (χ3n) is 4.19. The van der Waals surface area contributed by atoms with Crippen molar-refractivity contribution in [3.63, 3.8) is 0 Å². The van der Waals surface area contributed by atoms with Crippen LogP contribution in [0.25, 0.3) is 0 Å². The SMILES string of the molecule is O=C(NCC1OCC(NCc2ccccc2)C1O)Nc1ccccc1. The Labute approximate surface area is 147 Å². The average molecular weight is 341 g/mol. The second kappa shape index (κ2) is 8.62. The topological polar surface area (TPSA) is 82.6 Å². The third kappa shape index (κ3) is 5.03. The molecule has 1 aliphatic heterocycles. The van der Waals surface area contributed by atoms with Crippen molar-refractivity contribution in [1.29, 1.82) is 0 Å². The fraction of sp³-hybridized carbons (Fsp3) is 0.316. The second-order valence-corrected chi connectivity index (χ2v) is 6.04. The highest BCUT2D eigenvalue weighted by atomic mass is 16.5. The van der Waals surface area contributed by atoms with Crippen LogP contribution in [0.4, 0.5) is 10.5 Å². The number of nitrogens with one attached hydrogen (secondary N) is 3. The molecule has 6 heteroatoms. The summed E-state index contributed by atoms with van der Waals surface area (Å²) in [6.07, 6.45) is -1.09. The van der Waals surface area contributed by atoms with Gasteiger partial charge in [0.1, 0.15) is 6.10 Å². The predicted octanol–water partition coefficient (Wildman–Crippen LogP) is 1.73. The molecule has 2 aromatic carbocycles. The molecule has 25 heavy (non-hydrogen) atoms. The van der Waals surface area contributed by atoms with Crippen LogP contribution >= 0.6 is 0 Å². The van der Waals surface area contributed by atoms with Crippen molar-refractivity contribution in [3.05, 3.63) is 66.2 Å². The smallest absolute Gasteiger partial charge is 0.319 e. The maximum absolute atomic E-state index is 11.9. The van der Waals surface area contributed by atoms with Gasteiger partial charge >= 0.3 is 6.03 Å². The van der Waals surface area contributed by atoms with E-state index in [9.17, 15) is 9.90 Å². The van der Waals surface area contributed by atoms with Crippen LogP contribution in [0.5, 0.6) is 0 Å². The molecule has 0 radical (unpaired) electrons. The summed E-state index contributed by atoms with van der Waals surface area (Å²) in [5, 5.41) is 19.1. The summed E-state index contributed by atoms with van der Waals surface area (Å²) in [5.74, 6) is 0. The van der Waals surface area contributed by atoms with E-state index in [0.717, 1.165) is 11.3 Å². The molecule has 0 spiro atoms. The Hall–Kier alpha value is -2.41. The number of carbonyl (C=O) groups excluding carboxylic acids is 1. The highest BCUT2D eigenvalue weighted by Crippen LogP contribution is 2.15. The lowest BCUT2D eigenvalue weighted by molar-refractivity contribution is 0.0428. The van der Waals surface area contributed by atoms with E-state index in [1.165, 1.54) is 0 Å².